The molecule has 5 heteroatoms. The van der Waals surface area contributed by atoms with Gasteiger partial charge in [0.05, 0.1) is 6.04 Å². The van der Waals surface area contributed by atoms with Gasteiger partial charge >= 0.3 is 5.97 Å². The lowest BCUT2D eigenvalue weighted by Crippen LogP contribution is -2.50. The number of carbonyl (C=O) groups excluding carboxylic acids is 1. The number of hydrogen-bond donors (Lipinski definition) is 2. The highest BCUT2D eigenvalue weighted by Crippen LogP contribution is 2.23. The molecule has 0 aromatic rings. The normalized spacial score (nSPS) is 25.9. The van der Waals surface area contributed by atoms with Crippen molar-refractivity contribution >= 4 is 11.9 Å². The van der Waals surface area contributed by atoms with Crippen LogP contribution >= 0.6 is 0 Å². The predicted octanol–water partition coefficient (Wildman–Crippen LogP) is 0.450. The number of likely N-dealkylation sites (N-methyl/N-ethyl adjacent to an activating group) is 1. The van der Waals surface area contributed by atoms with Crippen LogP contribution in [0.4, 0.5) is 0 Å². The summed E-state index contributed by atoms with van der Waals surface area (Å²) in [4.78, 5) is 24.3. The van der Waals surface area contributed by atoms with Crippen LogP contribution in [-0.2, 0) is 9.59 Å². The molecule has 1 aliphatic heterocycles. The topological polar surface area (TPSA) is 69.6 Å². The van der Waals surface area contributed by atoms with Gasteiger partial charge in [-0.3, -0.25) is 14.5 Å². The summed E-state index contributed by atoms with van der Waals surface area (Å²) in [5.41, 5.74) is -0.0810. The van der Waals surface area contributed by atoms with E-state index in [1.165, 1.54) is 0 Å². The van der Waals surface area contributed by atoms with E-state index in [9.17, 15) is 9.59 Å². The first-order valence-corrected chi connectivity index (χ1v) is 5.57. The van der Waals surface area contributed by atoms with Crippen LogP contribution in [0.15, 0.2) is 0 Å². The fourth-order valence-electron chi connectivity index (χ4n) is 1.97. The summed E-state index contributed by atoms with van der Waals surface area (Å²) in [6, 6.07) is -0.339. The maximum Gasteiger partial charge on any atom is 0.303 e. The summed E-state index contributed by atoms with van der Waals surface area (Å²) in [5.74, 6) is -0.919. The third kappa shape index (κ3) is 2.95. The quantitative estimate of drug-likeness (QED) is 0.736. The third-order valence-corrected chi connectivity index (χ3v) is 3.39. The van der Waals surface area contributed by atoms with Crippen molar-refractivity contribution in [3.8, 4) is 0 Å². The Balaban J connectivity index is 2.75. The van der Waals surface area contributed by atoms with Gasteiger partial charge in [-0.2, -0.15) is 0 Å². The molecule has 1 atom stereocenters. The summed E-state index contributed by atoms with van der Waals surface area (Å²) >= 11 is 0. The van der Waals surface area contributed by atoms with Crippen molar-refractivity contribution in [3.05, 3.63) is 0 Å². The summed E-state index contributed by atoms with van der Waals surface area (Å²) < 4.78 is 0. The Morgan fingerprint density at radius 2 is 2.25 bits per heavy atom. The lowest BCUT2D eigenvalue weighted by molar-refractivity contribution is -0.137. The molecule has 1 rings (SSSR count). The SMILES string of the molecule is CN1C(CCC(=O)O)C(=O)NCCC1(C)C. The second-order valence-corrected chi connectivity index (χ2v) is 4.91. The molecule has 1 amide bonds. The van der Waals surface area contributed by atoms with Crippen molar-refractivity contribution in [1.82, 2.24) is 10.2 Å². The van der Waals surface area contributed by atoms with Gasteiger partial charge in [0.15, 0.2) is 0 Å². The highest BCUT2D eigenvalue weighted by Gasteiger charge is 2.36. The highest BCUT2D eigenvalue weighted by molar-refractivity contribution is 5.82. The molecule has 1 saturated heterocycles. The van der Waals surface area contributed by atoms with E-state index in [-0.39, 0.29) is 23.9 Å². The molecule has 1 heterocycles. The minimum atomic E-state index is -0.858. The van der Waals surface area contributed by atoms with Crippen LogP contribution in [0.1, 0.15) is 33.1 Å². The van der Waals surface area contributed by atoms with Crippen LogP contribution in [0.25, 0.3) is 0 Å². The molecular formula is C11H20N2O3. The van der Waals surface area contributed by atoms with E-state index in [0.29, 0.717) is 13.0 Å². The van der Waals surface area contributed by atoms with Gasteiger partial charge < -0.3 is 10.4 Å². The summed E-state index contributed by atoms with van der Waals surface area (Å²) in [6.45, 7) is 4.79. The molecule has 0 aliphatic carbocycles. The van der Waals surface area contributed by atoms with E-state index < -0.39 is 5.97 Å². The van der Waals surface area contributed by atoms with Gasteiger partial charge in [-0.1, -0.05) is 0 Å². The zero-order chi connectivity index (χ0) is 12.3. The zero-order valence-corrected chi connectivity index (χ0v) is 10.1. The van der Waals surface area contributed by atoms with Gasteiger partial charge in [0, 0.05) is 18.5 Å². The number of hydrogen-bond acceptors (Lipinski definition) is 3. The van der Waals surface area contributed by atoms with Crippen molar-refractivity contribution in [1.29, 1.82) is 0 Å². The summed E-state index contributed by atoms with van der Waals surface area (Å²) in [6.07, 6.45) is 1.26. The first-order valence-electron chi connectivity index (χ1n) is 5.57. The number of carboxylic acid groups (broad SMARTS) is 1. The maximum absolute atomic E-state index is 11.8. The third-order valence-electron chi connectivity index (χ3n) is 3.39. The number of amides is 1. The Bertz CT molecular complexity index is 289. The Morgan fingerprint density at radius 3 is 2.81 bits per heavy atom. The number of rotatable bonds is 3. The largest absolute Gasteiger partial charge is 0.481 e. The number of nitrogens with zero attached hydrogens (tertiary/aromatic N) is 1. The Hall–Kier alpha value is -1.10. The average molecular weight is 228 g/mol. The fourth-order valence-corrected chi connectivity index (χ4v) is 1.97. The van der Waals surface area contributed by atoms with Gasteiger partial charge in [-0.25, -0.2) is 0 Å². The van der Waals surface area contributed by atoms with Gasteiger partial charge in [0.1, 0.15) is 0 Å². The van der Waals surface area contributed by atoms with E-state index >= 15 is 0 Å². The molecule has 0 bridgehead atoms. The summed E-state index contributed by atoms with van der Waals surface area (Å²) in [7, 11) is 1.89. The van der Waals surface area contributed by atoms with Crippen molar-refractivity contribution in [2.75, 3.05) is 13.6 Å². The Morgan fingerprint density at radius 1 is 1.62 bits per heavy atom. The second kappa shape index (κ2) is 4.82. The van der Waals surface area contributed by atoms with Crippen LogP contribution in [-0.4, -0.2) is 47.1 Å². The van der Waals surface area contributed by atoms with Gasteiger partial charge in [0.25, 0.3) is 0 Å². The first-order chi connectivity index (χ1) is 7.34. The van der Waals surface area contributed by atoms with Crippen LogP contribution in [0.3, 0.4) is 0 Å². The second-order valence-electron chi connectivity index (χ2n) is 4.91. The van der Waals surface area contributed by atoms with Crippen LogP contribution in [0, 0.1) is 0 Å². The lowest BCUT2D eigenvalue weighted by Gasteiger charge is -2.37. The molecule has 1 aliphatic rings. The minimum absolute atomic E-state index is 0.0263. The highest BCUT2D eigenvalue weighted by atomic mass is 16.4. The molecule has 0 aromatic carbocycles. The van der Waals surface area contributed by atoms with Gasteiger partial charge in [-0.05, 0) is 33.7 Å². The van der Waals surface area contributed by atoms with Crippen molar-refractivity contribution in [2.24, 2.45) is 0 Å². The molecule has 16 heavy (non-hydrogen) atoms. The summed E-state index contributed by atoms with van der Waals surface area (Å²) in [5, 5.41) is 11.5. The number of carboxylic acids is 1. The molecular weight excluding hydrogens is 208 g/mol. The number of nitrogens with one attached hydrogen (secondary N) is 1. The Kier molecular flexibility index (Phi) is 3.91. The molecule has 1 fully saturated rings. The van der Waals surface area contributed by atoms with Gasteiger partial charge in [-0.15, -0.1) is 0 Å². The predicted molar refractivity (Wildman–Crippen MR) is 60.1 cm³/mol. The van der Waals surface area contributed by atoms with E-state index in [1.807, 2.05) is 11.9 Å². The molecule has 0 saturated carbocycles. The first kappa shape index (κ1) is 13.0. The van der Waals surface area contributed by atoms with Crippen LogP contribution in [0.2, 0.25) is 0 Å². The molecule has 0 radical (unpaired) electrons. The molecule has 2 N–H and O–H groups in total. The molecule has 5 nitrogen and oxygen atoms in total. The molecule has 0 spiro atoms. The van der Waals surface area contributed by atoms with E-state index in [0.717, 1.165) is 6.42 Å². The van der Waals surface area contributed by atoms with Crippen LogP contribution < -0.4 is 5.32 Å². The smallest absolute Gasteiger partial charge is 0.303 e. The maximum atomic E-state index is 11.8. The molecule has 92 valence electrons. The lowest BCUT2D eigenvalue weighted by atomic mass is 9.96. The standard InChI is InChI=1S/C11H20N2O3/c1-11(2)6-7-12-10(16)8(13(11)3)4-5-9(14)15/h8H,4-7H2,1-3H3,(H,12,16)(H,14,15). The van der Waals surface area contributed by atoms with E-state index in [2.05, 4.69) is 19.2 Å². The monoisotopic (exact) mass is 228 g/mol. The van der Waals surface area contributed by atoms with E-state index in [4.69, 9.17) is 5.11 Å². The Labute approximate surface area is 95.8 Å². The van der Waals surface area contributed by atoms with Crippen molar-refractivity contribution < 1.29 is 14.7 Å². The number of aliphatic carboxylic acids is 1. The average Bonchev–Trinajstić information content (AvgIpc) is 2.24. The molecule has 0 aromatic heterocycles. The fraction of sp³-hybridized carbons (Fsp3) is 0.818. The van der Waals surface area contributed by atoms with Gasteiger partial charge in [0.2, 0.25) is 5.91 Å². The van der Waals surface area contributed by atoms with Crippen molar-refractivity contribution in [2.45, 2.75) is 44.7 Å². The number of carbonyl (C=O) groups is 2. The van der Waals surface area contributed by atoms with Crippen molar-refractivity contribution in [3.63, 3.8) is 0 Å². The van der Waals surface area contributed by atoms with E-state index in [1.54, 1.807) is 0 Å². The molecule has 1 unspecified atom stereocenters. The van der Waals surface area contributed by atoms with Crippen LogP contribution in [0.5, 0.6) is 0 Å². The minimum Gasteiger partial charge on any atom is -0.481 e. The zero-order valence-electron chi connectivity index (χ0n) is 10.1.